The molecular weight excluding hydrogens is 308 g/mol. The second-order valence-electron chi connectivity index (χ2n) is 5.62. The van der Waals surface area contributed by atoms with Crippen LogP contribution >= 0.6 is 0 Å². The number of hydrogen-bond acceptors (Lipinski definition) is 4. The first-order chi connectivity index (χ1) is 11.6. The summed E-state index contributed by atoms with van der Waals surface area (Å²) in [5.41, 5.74) is 2.48. The van der Waals surface area contributed by atoms with Crippen molar-refractivity contribution in [2.75, 3.05) is 25.1 Å². The minimum Gasteiger partial charge on any atom is -0.486 e. The highest BCUT2D eigenvalue weighted by Crippen LogP contribution is 2.32. The number of benzene rings is 2. The smallest absolute Gasteiger partial charge is 0.319 e. The summed E-state index contributed by atoms with van der Waals surface area (Å²) < 4.78 is 10.9. The lowest BCUT2D eigenvalue weighted by Gasteiger charge is -2.20. The maximum absolute atomic E-state index is 11.9. The van der Waals surface area contributed by atoms with E-state index in [0.29, 0.717) is 36.0 Å². The van der Waals surface area contributed by atoms with Crippen LogP contribution in [0.4, 0.5) is 10.5 Å². The number of carbonyl (C=O) groups is 1. The summed E-state index contributed by atoms with van der Waals surface area (Å²) >= 11 is 0. The van der Waals surface area contributed by atoms with Crippen molar-refractivity contribution in [3.05, 3.63) is 53.6 Å². The lowest BCUT2D eigenvalue weighted by Crippen LogP contribution is -2.32. The van der Waals surface area contributed by atoms with Crippen LogP contribution in [0.25, 0.3) is 0 Å². The molecule has 6 nitrogen and oxygen atoms in total. The first kappa shape index (κ1) is 16.1. The Labute approximate surface area is 140 Å². The molecular formula is C18H20N2O4. The van der Waals surface area contributed by atoms with Gasteiger partial charge in [-0.2, -0.15) is 0 Å². The van der Waals surface area contributed by atoms with Gasteiger partial charge in [-0.25, -0.2) is 4.79 Å². The zero-order valence-corrected chi connectivity index (χ0v) is 13.4. The maximum atomic E-state index is 11.9. The van der Waals surface area contributed by atoms with E-state index in [1.54, 1.807) is 18.2 Å². The van der Waals surface area contributed by atoms with Gasteiger partial charge < -0.3 is 25.2 Å². The van der Waals surface area contributed by atoms with Crippen molar-refractivity contribution in [1.29, 1.82) is 0 Å². The number of anilines is 1. The lowest BCUT2D eigenvalue weighted by atomic mass is 10.1. The van der Waals surface area contributed by atoms with Gasteiger partial charge in [0, 0.05) is 12.2 Å². The molecule has 3 rings (SSSR count). The Kier molecular flexibility index (Phi) is 4.86. The Balaban J connectivity index is 1.54. The molecule has 1 aliphatic heterocycles. The number of aliphatic hydroxyl groups excluding tert-OH is 1. The molecule has 0 saturated heterocycles. The first-order valence-corrected chi connectivity index (χ1v) is 7.81. The minimum absolute atomic E-state index is 0.0946. The van der Waals surface area contributed by atoms with Crippen molar-refractivity contribution < 1.29 is 19.4 Å². The van der Waals surface area contributed by atoms with Crippen LogP contribution in [-0.4, -0.2) is 30.9 Å². The SMILES string of the molecule is Cc1ccc(NC(=O)NCC(O)c2ccc3c(c2)OCCO3)cc1. The van der Waals surface area contributed by atoms with Gasteiger partial charge >= 0.3 is 6.03 Å². The van der Waals surface area contributed by atoms with E-state index in [4.69, 9.17) is 9.47 Å². The predicted octanol–water partition coefficient (Wildman–Crippen LogP) is 2.62. The summed E-state index contributed by atoms with van der Waals surface area (Å²) in [7, 11) is 0. The predicted molar refractivity (Wildman–Crippen MR) is 90.6 cm³/mol. The van der Waals surface area contributed by atoms with Gasteiger partial charge in [0.05, 0.1) is 6.10 Å². The van der Waals surface area contributed by atoms with E-state index < -0.39 is 6.10 Å². The van der Waals surface area contributed by atoms with Gasteiger partial charge in [0.1, 0.15) is 13.2 Å². The van der Waals surface area contributed by atoms with Crippen LogP contribution in [0, 0.1) is 6.92 Å². The van der Waals surface area contributed by atoms with E-state index in [0.717, 1.165) is 5.56 Å². The van der Waals surface area contributed by atoms with Gasteiger partial charge in [-0.15, -0.1) is 0 Å². The molecule has 24 heavy (non-hydrogen) atoms. The van der Waals surface area contributed by atoms with Gasteiger partial charge in [0.25, 0.3) is 0 Å². The van der Waals surface area contributed by atoms with E-state index in [2.05, 4.69) is 10.6 Å². The molecule has 1 unspecified atom stereocenters. The highest BCUT2D eigenvalue weighted by Gasteiger charge is 2.16. The third-order valence-corrected chi connectivity index (χ3v) is 3.72. The summed E-state index contributed by atoms with van der Waals surface area (Å²) in [5.74, 6) is 1.28. The molecule has 126 valence electrons. The van der Waals surface area contributed by atoms with E-state index in [1.165, 1.54) is 0 Å². The van der Waals surface area contributed by atoms with Gasteiger partial charge in [0.2, 0.25) is 0 Å². The van der Waals surface area contributed by atoms with Crippen molar-refractivity contribution in [3.63, 3.8) is 0 Å². The van der Waals surface area contributed by atoms with Crippen LogP contribution in [-0.2, 0) is 0 Å². The average Bonchev–Trinajstić information content (AvgIpc) is 2.61. The number of ether oxygens (including phenoxy) is 2. The van der Waals surface area contributed by atoms with Crippen LogP contribution < -0.4 is 20.1 Å². The fourth-order valence-electron chi connectivity index (χ4n) is 2.39. The second kappa shape index (κ2) is 7.23. The molecule has 0 aromatic heterocycles. The zero-order valence-electron chi connectivity index (χ0n) is 13.4. The lowest BCUT2D eigenvalue weighted by molar-refractivity contribution is 0.163. The van der Waals surface area contributed by atoms with Gasteiger partial charge in [0.15, 0.2) is 11.5 Å². The summed E-state index contributed by atoms with van der Waals surface area (Å²) in [4.78, 5) is 11.9. The van der Waals surface area contributed by atoms with Crippen LogP contribution in [0.1, 0.15) is 17.2 Å². The molecule has 2 amide bonds. The second-order valence-corrected chi connectivity index (χ2v) is 5.62. The van der Waals surface area contributed by atoms with Crippen molar-refractivity contribution in [2.24, 2.45) is 0 Å². The Hall–Kier alpha value is -2.73. The molecule has 0 aliphatic carbocycles. The van der Waals surface area contributed by atoms with Crippen LogP contribution in [0.2, 0.25) is 0 Å². The summed E-state index contributed by atoms with van der Waals surface area (Å²) in [6.45, 7) is 3.09. The van der Waals surface area contributed by atoms with E-state index in [9.17, 15) is 9.90 Å². The van der Waals surface area contributed by atoms with Crippen molar-refractivity contribution in [2.45, 2.75) is 13.0 Å². The molecule has 0 radical (unpaired) electrons. The maximum Gasteiger partial charge on any atom is 0.319 e. The van der Waals surface area contributed by atoms with Crippen molar-refractivity contribution in [1.82, 2.24) is 5.32 Å². The quantitative estimate of drug-likeness (QED) is 0.806. The summed E-state index contributed by atoms with van der Waals surface area (Å²) in [6.07, 6.45) is -0.829. The number of hydrogen-bond donors (Lipinski definition) is 3. The molecule has 3 N–H and O–H groups in total. The number of urea groups is 1. The average molecular weight is 328 g/mol. The topological polar surface area (TPSA) is 79.8 Å². The third kappa shape index (κ3) is 3.97. The largest absolute Gasteiger partial charge is 0.486 e. The van der Waals surface area contributed by atoms with E-state index in [1.807, 2.05) is 31.2 Å². The monoisotopic (exact) mass is 328 g/mol. The molecule has 2 aromatic carbocycles. The van der Waals surface area contributed by atoms with Crippen LogP contribution in [0.15, 0.2) is 42.5 Å². The number of aliphatic hydroxyl groups is 1. The summed E-state index contributed by atoms with van der Waals surface area (Å²) in [5, 5.41) is 15.6. The van der Waals surface area contributed by atoms with E-state index >= 15 is 0 Å². The standard InChI is InChI=1S/C18H20N2O4/c1-12-2-5-14(6-3-12)20-18(22)19-11-15(21)13-4-7-16-17(10-13)24-9-8-23-16/h2-7,10,15,21H,8-9,11H2,1H3,(H2,19,20,22). The molecule has 0 spiro atoms. The van der Waals surface area contributed by atoms with Gasteiger partial charge in [-0.1, -0.05) is 23.8 Å². The van der Waals surface area contributed by atoms with Gasteiger partial charge in [-0.05, 0) is 36.8 Å². The normalized spacial score (nSPS) is 13.9. The highest BCUT2D eigenvalue weighted by molar-refractivity contribution is 5.89. The Morgan fingerprint density at radius 1 is 1.12 bits per heavy atom. The molecule has 1 aliphatic rings. The molecule has 6 heteroatoms. The molecule has 0 fully saturated rings. The Bertz CT molecular complexity index is 715. The van der Waals surface area contributed by atoms with Crippen molar-refractivity contribution >= 4 is 11.7 Å². The molecule has 1 atom stereocenters. The molecule has 1 heterocycles. The highest BCUT2D eigenvalue weighted by atomic mass is 16.6. The van der Waals surface area contributed by atoms with Gasteiger partial charge in [-0.3, -0.25) is 0 Å². The first-order valence-electron chi connectivity index (χ1n) is 7.81. The molecule has 0 saturated carbocycles. The van der Waals surface area contributed by atoms with Crippen molar-refractivity contribution in [3.8, 4) is 11.5 Å². The van der Waals surface area contributed by atoms with E-state index in [-0.39, 0.29) is 12.6 Å². The zero-order chi connectivity index (χ0) is 16.9. The minimum atomic E-state index is -0.829. The molecule has 0 bridgehead atoms. The number of carbonyl (C=O) groups excluding carboxylic acids is 1. The summed E-state index contributed by atoms with van der Waals surface area (Å²) in [6, 6.07) is 12.4. The number of rotatable bonds is 4. The number of fused-ring (bicyclic) bond motifs is 1. The third-order valence-electron chi connectivity index (χ3n) is 3.72. The molecule has 2 aromatic rings. The number of nitrogens with one attached hydrogen (secondary N) is 2. The number of amides is 2. The fourth-order valence-corrected chi connectivity index (χ4v) is 2.39. The number of aryl methyl sites for hydroxylation is 1. The fraction of sp³-hybridized carbons (Fsp3) is 0.278. The van der Waals surface area contributed by atoms with Crippen LogP contribution in [0.3, 0.4) is 0 Å². The van der Waals surface area contributed by atoms with Crippen LogP contribution in [0.5, 0.6) is 11.5 Å². The Morgan fingerprint density at radius 2 is 1.83 bits per heavy atom. The Morgan fingerprint density at radius 3 is 2.58 bits per heavy atom.